The van der Waals surface area contributed by atoms with Crippen LogP contribution in [0, 0.1) is 11.8 Å². The SMILES string of the molecule is CCO[C@H]1CC[C@@H](N2CC[C@](F)(C(=O)N3C[C@H](COC)[C@@H](c4ccc(C(F)(F)F)cc4N4CCC(C(=O)O)CC4)C3)C2)CC1. The fourth-order valence-corrected chi connectivity index (χ4v) is 7.83. The molecule has 0 radical (unpaired) electrons. The van der Waals surface area contributed by atoms with Gasteiger partial charge in [0.2, 0.25) is 5.67 Å². The van der Waals surface area contributed by atoms with Crippen LogP contribution in [0.1, 0.15) is 68.9 Å². The van der Waals surface area contributed by atoms with Crippen molar-refractivity contribution in [3.8, 4) is 0 Å². The van der Waals surface area contributed by atoms with Crippen molar-refractivity contribution in [2.24, 2.45) is 11.8 Å². The van der Waals surface area contributed by atoms with Gasteiger partial charge < -0.3 is 24.4 Å². The Labute approximate surface area is 256 Å². The lowest BCUT2D eigenvalue weighted by molar-refractivity contribution is -0.143. The van der Waals surface area contributed by atoms with Crippen LogP contribution in [0.4, 0.5) is 23.2 Å². The van der Waals surface area contributed by atoms with Gasteiger partial charge in [-0.05, 0) is 63.1 Å². The maximum atomic E-state index is 16.4. The number of ether oxygens (including phenoxy) is 2. The third-order valence-electron chi connectivity index (χ3n) is 10.2. The van der Waals surface area contributed by atoms with Crippen LogP contribution in [0.15, 0.2) is 18.2 Å². The standard InChI is InChI=1S/C32H45F4N3O5/c1-3-44-25-7-5-24(6-8-25)38-15-12-31(33,20-38)30(42)39-17-22(19-43-2)27(18-39)26-9-4-23(32(34,35)36)16-28(26)37-13-10-21(11-14-37)29(40)41/h4,9,16,21-22,24-25,27H,3,5-8,10-15,17-20H2,1-2H3,(H,40,41)/t22-,24-,25+,27+,31-/m1/s1. The minimum Gasteiger partial charge on any atom is -0.481 e. The minimum atomic E-state index is -4.55. The van der Waals surface area contributed by atoms with E-state index >= 15 is 4.39 Å². The van der Waals surface area contributed by atoms with Gasteiger partial charge in [-0.2, -0.15) is 13.2 Å². The number of carbonyl (C=O) groups excluding carboxylic acids is 1. The van der Waals surface area contributed by atoms with Crippen molar-refractivity contribution in [1.82, 2.24) is 9.80 Å². The van der Waals surface area contributed by atoms with E-state index in [1.54, 1.807) is 4.90 Å². The molecule has 1 saturated carbocycles. The van der Waals surface area contributed by atoms with Crippen LogP contribution in [0.2, 0.25) is 0 Å². The summed E-state index contributed by atoms with van der Waals surface area (Å²) in [6.07, 6.45) is 0.162. The van der Waals surface area contributed by atoms with Gasteiger partial charge in [-0.1, -0.05) is 6.07 Å². The number of amides is 1. The molecule has 3 aliphatic heterocycles. The third-order valence-corrected chi connectivity index (χ3v) is 10.2. The summed E-state index contributed by atoms with van der Waals surface area (Å²) in [5.41, 5.74) is -1.75. The van der Waals surface area contributed by atoms with Crippen molar-refractivity contribution in [3.05, 3.63) is 29.3 Å². The second-order valence-electron chi connectivity index (χ2n) is 13.0. The van der Waals surface area contributed by atoms with E-state index in [1.165, 1.54) is 13.2 Å². The molecule has 1 N–H and O–H groups in total. The summed E-state index contributed by atoms with van der Waals surface area (Å²) >= 11 is 0. The molecule has 3 saturated heterocycles. The Kier molecular flexibility index (Phi) is 10.1. The normalized spacial score (nSPS) is 30.7. The molecule has 1 aliphatic carbocycles. The quantitative estimate of drug-likeness (QED) is 0.388. The maximum Gasteiger partial charge on any atom is 0.416 e. The van der Waals surface area contributed by atoms with E-state index < -0.39 is 35.2 Å². The number of aliphatic carboxylic acids is 1. The number of carbonyl (C=O) groups is 2. The number of likely N-dealkylation sites (tertiary alicyclic amines) is 2. The molecule has 0 aromatic heterocycles. The van der Waals surface area contributed by atoms with Gasteiger partial charge in [-0.15, -0.1) is 0 Å². The van der Waals surface area contributed by atoms with Crippen LogP contribution in [0.3, 0.4) is 0 Å². The number of methoxy groups -OCH3 is 1. The van der Waals surface area contributed by atoms with Crippen molar-refractivity contribution in [2.45, 2.75) is 81.8 Å². The first-order valence-electron chi connectivity index (χ1n) is 15.9. The van der Waals surface area contributed by atoms with Crippen molar-refractivity contribution in [2.75, 3.05) is 64.5 Å². The van der Waals surface area contributed by atoms with E-state index in [1.807, 2.05) is 11.8 Å². The molecule has 0 spiro atoms. The lowest BCUT2D eigenvalue weighted by Gasteiger charge is -2.35. The molecule has 4 fully saturated rings. The molecule has 1 amide bonds. The van der Waals surface area contributed by atoms with Gasteiger partial charge >= 0.3 is 12.1 Å². The van der Waals surface area contributed by atoms with Crippen LogP contribution in [-0.2, 0) is 25.2 Å². The van der Waals surface area contributed by atoms with Crippen LogP contribution in [-0.4, -0.2) is 104 Å². The number of piperidine rings is 1. The third kappa shape index (κ3) is 7.02. The number of carboxylic acids is 1. The lowest BCUT2D eigenvalue weighted by Crippen LogP contribution is -2.48. The molecule has 0 unspecified atom stereocenters. The Morgan fingerprint density at radius 2 is 1.75 bits per heavy atom. The van der Waals surface area contributed by atoms with Gasteiger partial charge in [0.15, 0.2) is 0 Å². The first-order valence-corrected chi connectivity index (χ1v) is 15.9. The van der Waals surface area contributed by atoms with Crippen LogP contribution in [0.5, 0.6) is 0 Å². The topological polar surface area (TPSA) is 82.6 Å². The molecule has 1 aromatic carbocycles. The Hall–Kier alpha value is -2.44. The van der Waals surface area contributed by atoms with Gasteiger partial charge in [-0.25, -0.2) is 4.39 Å². The summed E-state index contributed by atoms with van der Waals surface area (Å²) in [6.45, 7) is 4.56. The molecule has 5 rings (SSSR count). The van der Waals surface area contributed by atoms with Crippen LogP contribution >= 0.6 is 0 Å². The second kappa shape index (κ2) is 13.5. The zero-order valence-electron chi connectivity index (χ0n) is 25.7. The van der Waals surface area contributed by atoms with Crippen LogP contribution < -0.4 is 4.90 Å². The monoisotopic (exact) mass is 627 g/mol. The van der Waals surface area contributed by atoms with Crippen molar-refractivity contribution < 1.29 is 41.7 Å². The average molecular weight is 628 g/mol. The van der Waals surface area contributed by atoms with E-state index in [0.29, 0.717) is 50.3 Å². The highest BCUT2D eigenvalue weighted by Crippen LogP contribution is 2.43. The predicted molar refractivity (Wildman–Crippen MR) is 156 cm³/mol. The summed E-state index contributed by atoms with van der Waals surface area (Å²) in [5, 5.41) is 9.42. The van der Waals surface area contributed by atoms with E-state index in [0.717, 1.165) is 37.8 Å². The summed E-state index contributed by atoms with van der Waals surface area (Å²) in [5.74, 6) is -2.58. The highest BCUT2D eigenvalue weighted by Gasteiger charge is 2.51. The first-order chi connectivity index (χ1) is 20.9. The molecule has 8 nitrogen and oxygen atoms in total. The molecule has 44 heavy (non-hydrogen) atoms. The van der Waals surface area contributed by atoms with Gasteiger partial charge in [0.05, 0.1) is 24.2 Å². The van der Waals surface area contributed by atoms with E-state index in [9.17, 15) is 27.9 Å². The number of hydrogen-bond acceptors (Lipinski definition) is 6. The summed E-state index contributed by atoms with van der Waals surface area (Å²) in [7, 11) is 1.54. The Balaban J connectivity index is 1.33. The van der Waals surface area contributed by atoms with Crippen LogP contribution in [0.25, 0.3) is 0 Å². The van der Waals surface area contributed by atoms with Crippen molar-refractivity contribution in [3.63, 3.8) is 0 Å². The number of anilines is 1. The maximum absolute atomic E-state index is 16.4. The minimum absolute atomic E-state index is 0.0516. The molecule has 1 aromatic rings. The van der Waals surface area contributed by atoms with Gasteiger partial charge in [0.25, 0.3) is 5.91 Å². The largest absolute Gasteiger partial charge is 0.481 e. The fourth-order valence-electron chi connectivity index (χ4n) is 7.83. The number of alkyl halides is 4. The molecule has 246 valence electrons. The van der Waals surface area contributed by atoms with E-state index in [2.05, 4.69) is 4.90 Å². The highest BCUT2D eigenvalue weighted by molar-refractivity contribution is 5.86. The zero-order chi connectivity index (χ0) is 31.6. The van der Waals surface area contributed by atoms with E-state index in [4.69, 9.17) is 9.47 Å². The summed E-state index contributed by atoms with van der Waals surface area (Å²) in [4.78, 5) is 30.8. The number of nitrogens with zero attached hydrogens (tertiary/aromatic N) is 3. The van der Waals surface area contributed by atoms with Crippen molar-refractivity contribution in [1.29, 1.82) is 0 Å². The molecular formula is C32H45F4N3O5. The zero-order valence-corrected chi connectivity index (χ0v) is 25.7. The summed E-state index contributed by atoms with van der Waals surface area (Å²) < 4.78 is 69.0. The van der Waals surface area contributed by atoms with Crippen molar-refractivity contribution >= 4 is 17.6 Å². The molecular weight excluding hydrogens is 582 g/mol. The number of hydrogen-bond donors (Lipinski definition) is 1. The average Bonchev–Trinajstić information content (AvgIpc) is 3.61. The number of halogens is 4. The van der Waals surface area contributed by atoms with Gasteiger partial charge in [0.1, 0.15) is 0 Å². The fraction of sp³-hybridized carbons (Fsp3) is 0.750. The Morgan fingerprint density at radius 1 is 1.05 bits per heavy atom. The van der Waals surface area contributed by atoms with Gasteiger partial charge in [-0.3, -0.25) is 14.5 Å². The summed E-state index contributed by atoms with van der Waals surface area (Å²) in [6, 6.07) is 3.90. The second-order valence-corrected chi connectivity index (χ2v) is 13.0. The van der Waals surface area contributed by atoms with E-state index in [-0.39, 0.29) is 56.6 Å². The molecule has 3 atom stereocenters. The number of carboxylic acid groups (broad SMARTS) is 1. The molecule has 0 bridgehead atoms. The molecule has 12 heteroatoms. The number of rotatable bonds is 9. The highest BCUT2D eigenvalue weighted by atomic mass is 19.4. The van der Waals surface area contributed by atoms with Gasteiger partial charge in [0, 0.05) is 83.0 Å². The Bertz CT molecular complexity index is 1170. The molecule has 4 aliphatic rings. The number of benzene rings is 1. The lowest BCUT2D eigenvalue weighted by atomic mass is 9.86. The smallest absolute Gasteiger partial charge is 0.416 e. The predicted octanol–water partition coefficient (Wildman–Crippen LogP) is 4.96. The first kappa shape index (κ1) is 32.9. The Morgan fingerprint density at radius 3 is 2.36 bits per heavy atom. The molecule has 3 heterocycles.